The van der Waals surface area contributed by atoms with Gasteiger partial charge in [0.2, 0.25) is 0 Å². The molecule has 0 saturated carbocycles. The molecule has 4 nitrogen and oxygen atoms in total. The number of hydrogen-bond donors (Lipinski definition) is 1. The largest absolute Gasteiger partial charge is 0.418 e. The molecule has 1 saturated heterocycles. The Kier molecular flexibility index (Phi) is 5.15. The van der Waals surface area contributed by atoms with Gasteiger partial charge in [-0.25, -0.2) is 0 Å². The van der Waals surface area contributed by atoms with Crippen molar-refractivity contribution < 1.29 is 23.0 Å². The third kappa shape index (κ3) is 3.72. The predicted octanol–water partition coefficient (Wildman–Crippen LogP) is 3.82. The molecule has 2 aromatic rings. The van der Waals surface area contributed by atoms with E-state index in [-0.39, 0.29) is 11.4 Å². The van der Waals surface area contributed by atoms with Gasteiger partial charge in [-0.3, -0.25) is 4.98 Å². The summed E-state index contributed by atoms with van der Waals surface area (Å²) < 4.78 is 44.9. The smallest absolute Gasteiger partial charge is 0.371 e. The molecule has 1 unspecified atom stereocenters. The van der Waals surface area contributed by atoms with Gasteiger partial charge >= 0.3 is 6.18 Å². The second-order valence-corrected chi connectivity index (χ2v) is 6.20. The number of pyridine rings is 1. The zero-order valence-corrected chi connectivity index (χ0v) is 14.0. The van der Waals surface area contributed by atoms with Crippen molar-refractivity contribution in [2.45, 2.75) is 32.2 Å². The van der Waals surface area contributed by atoms with Crippen LogP contribution in [0, 0.1) is 5.92 Å². The van der Waals surface area contributed by atoms with Gasteiger partial charge in [-0.2, -0.15) is 13.2 Å². The van der Waals surface area contributed by atoms with E-state index in [1.165, 1.54) is 12.3 Å². The predicted molar refractivity (Wildman–Crippen MR) is 89.3 cm³/mol. The van der Waals surface area contributed by atoms with Gasteiger partial charge in [0.25, 0.3) is 0 Å². The van der Waals surface area contributed by atoms with Crippen molar-refractivity contribution in [1.29, 1.82) is 0 Å². The first-order valence-corrected chi connectivity index (χ1v) is 8.41. The first-order chi connectivity index (χ1) is 11.9. The molecule has 2 heterocycles. The van der Waals surface area contributed by atoms with Crippen LogP contribution in [0.2, 0.25) is 0 Å². The van der Waals surface area contributed by atoms with Crippen molar-refractivity contribution in [2.24, 2.45) is 5.92 Å². The highest BCUT2D eigenvalue weighted by atomic mass is 19.4. The van der Waals surface area contributed by atoms with E-state index in [0.29, 0.717) is 25.1 Å². The van der Waals surface area contributed by atoms with Crippen LogP contribution in [0.5, 0.6) is 0 Å². The molecule has 1 N–H and O–H groups in total. The maximum atomic E-state index is 13.2. The zero-order chi connectivity index (χ0) is 18.0. The minimum absolute atomic E-state index is 0.0241. The van der Waals surface area contributed by atoms with E-state index in [1.807, 2.05) is 6.92 Å². The fourth-order valence-electron chi connectivity index (χ4n) is 3.39. The molecule has 0 aliphatic carbocycles. The van der Waals surface area contributed by atoms with Crippen LogP contribution in [-0.2, 0) is 10.9 Å². The normalized spacial score (nSPS) is 17.9. The molecule has 0 bridgehead atoms. The number of fused-ring (bicyclic) bond motifs is 1. The molecule has 1 aromatic carbocycles. The van der Waals surface area contributed by atoms with E-state index < -0.39 is 18.0 Å². The summed E-state index contributed by atoms with van der Waals surface area (Å²) >= 11 is 0. The number of hydrogen-bond acceptors (Lipinski definition) is 4. The lowest BCUT2D eigenvalue weighted by molar-refractivity contribution is -0.136. The van der Waals surface area contributed by atoms with Crippen LogP contribution in [0.4, 0.5) is 18.9 Å². The van der Waals surface area contributed by atoms with E-state index in [2.05, 4.69) is 9.88 Å². The lowest BCUT2D eigenvalue weighted by atomic mass is 9.95. The Hall–Kier alpha value is -1.86. The lowest BCUT2D eigenvalue weighted by Crippen LogP contribution is -2.38. The SMILES string of the molecule is CCOC(O)C1CCN(c2ccc(C(F)(F)F)c3ncccc23)CC1. The number of halogens is 3. The molecule has 1 aliphatic heterocycles. The Bertz CT molecular complexity index is 728. The number of piperidine rings is 1. The number of alkyl halides is 3. The van der Waals surface area contributed by atoms with Crippen molar-refractivity contribution in [1.82, 2.24) is 4.98 Å². The van der Waals surface area contributed by atoms with Crippen molar-refractivity contribution in [2.75, 3.05) is 24.6 Å². The molecular formula is C18H21F3N2O2. The summed E-state index contributed by atoms with van der Waals surface area (Å²) in [6.07, 6.45) is -2.38. The maximum absolute atomic E-state index is 13.2. The maximum Gasteiger partial charge on any atom is 0.418 e. The van der Waals surface area contributed by atoms with Crippen molar-refractivity contribution in [3.8, 4) is 0 Å². The molecule has 25 heavy (non-hydrogen) atoms. The topological polar surface area (TPSA) is 45.6 Å². The average molecular weight is 354 g/mol. The van der Waals surface area contributed by atoms with Crippen LogP contribution in [-0.4, -0.2) is 36.1 Å². The monoisotopic (exact) mass is 354 g/mol. The zero-order valence-electron chi connectivity index (χ0n) is 14.0. The van der Waals surface area contributed by atoms with Gasteiger partial charge in [0.05, 0.1) is 11.1 Å². The molecule has 3 rings (SSSR count). The number of aliphatic hydroxyl groups excluding tert-OH is 1. The molecule has 0 amide bonds. The minimum Gasteiger partial charge on any atom is -0.371 e. The number of nitrogens with zero attached hydrogens (tertiary/aromatic N) is 2. The van der Waals surface area contributed by atoms with E-state index in [4.69, 9.17) is 4.74 Å². The Balaban J connectivity index is 1.86. The second kappa shape index (κ2) is 7.17. The van der Waals surface area contributed by atoms with Gasteiger partial charge in [0, 0.05) is 42.9 Å². The summed E-state index contributed by atoms with van der Waals surface area (Å²) in [7, 11) is 0. The third-order valence-electron chi connectivity index (χ3n) is 4.67. The number of ether oxygens (including phenoxy) is 1. The quantitative estimate of drug-likeness (QED) is 0.848. The fraction of sp³-hybridized carbons (Fsp3) is 0.500. The van der Waals surface area contributed by atoms with Crippen LogP contribution < -0.4 is 4.90 Å². The van der Waals surface area contributed by atoms with E-state index >= 15 is 0 Å². The molecule has 0 spiro atoms. The average Bonchev–Trinajstić information content (AvgIpc) is 2.60. The summed E-state index contributed by atoms with van der Waals surface area (Å²) in [4.78, 5) is 6.02. The van der Waals surface area contributed by atoms with Gasteiger partial charge < -0.3 is 14.7 Å². The molecule has 1 fully saturated rings. The standard InChI is InChI=1S/C18H21F3N2O2/c1-2-25-17(24)12-7-10-23(11-8-12)15-6-5-14(18(19,20)21)16-13(15)4-3-9-22-16/h3-6,9,12,17,24H,2,7-8,10-11H2,1H3. The first kappa shape index (κ1) is 17.9. The third-order valence-corrected chi connectivity index (χ3v) is 4.67. The highest BCUT2D eigenvalue weighted by molar-refractivity contribution is 5.94. The Morgan fingerprint density at radius 1 is 1.28 bits per heavy atom. The summed E-state index contributed by atoms with van der Waals surface area (Å²) in [5.41, 5.74) is 0.0120. The molecule has 136 valence electrons. The lowest BCUT2D eigenvalue weighted by Gasteiger charge is -2.36. The number of benzene rings is 1. The molecule has 1 atom stereocenters. The second-order valence-electron chi connectivity index (χ2n) is 6.20. The van der Waals surface area contributed by atoms with Crippen molar-refractivity contribution >= 4 is 16.6 Å². The van der Waals surface area contributed by atoms with Gasteiger partial charge in [0.15, 0.2) is 6.29 Å². The molecule has 7 heteroatoms. The van der Waals surface area contributed by atoms with Crippen LogP contribution in [0.3, 0.4) is 0 Å². The van der Waals surface area contributed by atoms with Crippen molar-refractivity contribution in [3.05, 3.63) is 36.0 Å². The van der Waals surface area contributed by atoms with Crippen LogP contribution in [0.25, 0.3) is 10.9 Å². The van der Waals surface area contributed by atoms with E-state index in [9.17, 15) is 18.3 Å². The number of aliphatic hydroxyl groups is 1. The van der Waals surface area contributed by atoms with Gasteiger partial charge in [-0.1, -0.05) is 0 Å². The summed E-state index contributed by atoms with van der Waals surface area (Å²) in [5.74, 6) is 0.0510. The molecular weight excluding hydrogens is 333 g/mol. The van der Waals surface area contributed by atoms with Gasteiger partial charge in [-0.05, 0) is 44.0 Å². The molecule has 0 radical (unpaired) electrons. The first-order valence-electron chi connectivity index (χ1n) is 8.41. The van der Waals surface area contributed by atoms with Crippen LogP contribution in [0.15, 0.2) is 30.5 Å². The number of rotatable bonds is 4. The highest BCUT2D eigenvalue weighted by Crippen LogP contribution is 2.38. The van der Waals surface area contributed by atoms with E-state index in [0.717, 1.165) is 24.6 Å². The Morgan fingerprint density at radius 3 is 2.64 bits per heavy atom. The van der Waals surface area contributed by atoms with Crippen LogP contribution in [0.1, 0.15) is 25.3 Å². The molecule has 1 aliphatic rings. The minimum atomic E-state index is -4.43. The van der Waals surface area contributed by atoms with Gasteiger partial charge in [0.1, 0.15) is 0 Å². The Labute approximate surface area is 144 Å². The summed E-state index contributed by atoms with van der Waals surface area (Å²) in [6.45, 7) is 3.60. The van der Waals surface area contributed by atoms with Crippen LogP contribution >= 0.6 is 0 Å². The summed E-state index contributed by atoms with van der Waals surface area (Å²) in [5, 5.41) is 10.5. The van der Waals surface area contributed by atoms with Crippen molar-refractivity contribution in [3.63, 3.8) is 0 Å². The number of anilines is 1. The summed E-state index contributed by atoms with van der Waals surface area (Å²) in [6, 6.07) is 5.95. The Morgan fingerprint density at radius 2 is 2.00 bits per heavy atom. The fourth-order valence-corrected chi connectivity index (χ4v) is 3.39. The molecule has 1 aromatic heterocycles. The van der Waals surface area contributed by atoms with E-state index in [1.54, 1.807) is 12.1 Å². The number of aromatic nitrogens is 1. The highest BCUT2D eigenvalue weighted by Gasteiger charge is 2.34. The van der Waals surface area contributed by atoms with Gasteiger partial charge in [-0.15, -0.1) is 0 Å².